The number of unbranched alkanes of at least 4 members (excludes halogenated alkanes) is 8. The van der Waals surface area contributed by atoms with Gasteiger partial charge in [0.15, 0.2) is 0 Å². The molecule has 0 heterocycles. The minimum Gasteiger partial charge on any atom is -0.393 e. The van der Waals surface area contributed by atoms with Crippen LogP contribution in [-0.2, 0) is 10.1 Å². The van der Waals surface area contributed by atoms with E-state index in [1.165, 1.54) is 25.7 Å². The first-order chi connectivity index (χ1) is 11.4. The predicted molar refractivity (Wildman–Crippen MR) is 102 cm³/mol. The number of aliphatic hydroxyl groups is 1. The maximum atomic E-state index is 11.5. The lowest BCUT2D eigenvalue weighted by atomic mass is 10.0. The van der Waals surface area contributed by atoms with Crippen LogP contribution in [0.15, 0.2) is 0 Å². The summed E-state index contributed by atoms with van der Waals surface area (Å²) in [6.07, 6.45) is 14.1. The standard InChI is InChI=1S/C19H40O4S/c1-3-5-7-8-12-16-19(24(21,22)23)17-13-9-11-15-18(20)14-10-6-4-2/h18-20H,3-17H2,1-2H3,(H,21,22,23). The molecule has 146 valence electrons. The molecule has 2 N–H and O–H groups in total. The Labute approximate surface area is 150 Å². The Morgan fingerprint density at radius 1 is 0.667 bits per heavy atom. The maximum absolute atomic E-state index is 11.5. The molecule has 0 spiro atoms. The highest BCUT2D eigenvalue weighted by Crippen LogP contribution is 2.19. The third-order valence-corrected chi connectivity index (χ3v) is 6.07. The summed E-state index contributed by atoms with van der Waals surface area (Å²) in [7, 11) is -3.93. The molecule has 0 saturated heterocycles. The van der Waals surface area contributed by atoms with Crippen LogP contribution in [0.3, 0.4) is 0 Å². The molecule has 0 fully saturated rings. The summed E-state index contributed by atoms with van der Waals surface area (Å²) >= 11 is 0. The van der Waals surface area contributed by atoms with Crippen LogP contribution < -0.4 is 0 Å². The first-order valence-electron chi connectivity index (χ1n) is 10.1. The predicted octanol–water partition coefficient (Wildman–Crippen LogP) is 5.50. The van der Waals surface area contributed by atoms with Gasteiger partial charge in [-0.3, -0.25) is 4.55 Å². The smallest absolute Gasteiger partial charge is 0.267 e. The van der Waals surface area contributed by atoms with E-state index in [4.69, 9.17) is 0 Å². The monoisotopic (exact) mass is 364 g/mol. The Morgan fingerprint density at radius 2 is 1.04 bits per heavy atom. The Balaban J connectivity index is 3.83. The fourth-order valence-electron chi connectivity index (χ4n) is 3.12. The Bertz CT molecular complexity index is 368. The molecule has 0 saturated carbocycles. The highest BCUT2D eigenvalue weighted by Gasteiger charge is 2.21. The van der Waals surface area contributed by atoms with Crippen molar-refractivity contribution in [2.24, 2.45) is 0 Å². The fraction of sp³-hybridized carbons (Fsp3) is 1.00. The topological polar surface area (TPSA) is 74.6 Å². The zero-order chi connectivity index (χ0) is 18.3. The molecule has 0 aliphatic carbocycles. The molecular weight excluding hydrogens is 324 g/mol. The van der Waals surface area contributed by atoms with Crippen LogP contribution in [0.2, 0.25) is 0 Å². The summed E-state index contributed by atoms with van der Waals surface area (Å²) in [5.74, 6) is 0. The van der Waals surface area contributed by atoms with Crippen molar-refractivity contribution < 1.29 is 18.1 Å². The van der Waals surface area contributed by atoms with Gasteiger partial charge in [0, 0.05) is 0 Å². The summed E-state index contributed by atoms with van der Waals surface area (Å²) in [6, 6.07) is 0. The van der Waals surface area contributed by atoms with Gasteiger partial charge in [-0.2, -0.15) is 8.42 Å². The first-order valence-corrected chi connectivity index (χ1v) is 11.6. The van der Waals surface area contributed by atoms with E-state index in [2.05, 4.69) is 13.8 Å². The molecule has 0 aromatic heterocycles. The van der Waals surface area contributed by atoms with E-state index in [9.17, 15) is 18.1 Å². The van der Waals surface area contributed by atoms with Crippen LogP contribution in [-0.4, -0.2) is 29.4 Å². The zero-order valence-electron chi connectivity index (χ0n) is 15.9. The molecule has 0 aromatic carbocycles. The molecule has 24 heavy (non-hydrogen) atoms. The molecule has 0 radical (unpaired) electrons. The van der Waals surface area contributed by atoms with Gasteiger partial charge in [0.05, 0.1) is 11.4 Å². The summed E-state index contributed by atoms with van der Waals surface area (Å²) in [5.41, 5.74) is 0. The Hall–Kier alpha value is -0.130. The molecule has 2 unspecified atom stereocenters. The minimum absolute atomic E-state index is 0.215. The minimum atomic E-state index is -3.93. The van der Waals surface area contributed by atoms with E-state index in [1.54, 1.807) is 0 Å². The lowest BCUT2D eigenvalue weighted by molar-refractivity contribution is 0.147. The number of rotatable bonds is 17. The van der Waals surface area contributed by atoms with Gasteiger partial charge in [-0.05, 0) is 25.7 Å². The second-order valence-corrected chi connectivity index (χ2v) is 8.82. The van der Waals surface area contributed by atoms with E-state index in [0.29, 0.717) is 12.8 Å². The van der Waals surface area contributed by atoms with Crippen LogP contribution in [0.1, 0.15) is 110 Å². The molecule has 0 aliphatic rings. The van der Waals surface area contributed by atoms with Crippen molar-refractivity contribution in [3.05, 3.63) is 0 Å². The molecule has 0 bridgehead atoms. The van der Waals surface area contributed by atoms with Crippen LogP contribution in [0.25, 0.3) is 0 Å². The van der Waals surface area contributed by atoms with Crippen LogP contribution in [0.4, 0.5) is 0 Å². The van der Waals surface area contributed by atoms with Crippen molar-refractivity contribution in [3.63, 3.8) is 0 Å². The van der Waals surface area contributed by atoms with Crippen LogP contribution in [0, 0.1) is 0 Å². The average molecular weight is 365 g/mol. The highest BCUT2D eigenvalue weighted by molar-refractivity contribution is 7.86. The van der Waals surface area contributed by atoms with Crippen LogP contribution in [0.5, 0.6) is 0 Å². The van der Waals surface area contributed by atoms with E-state index < -0.39 is 15.4 Å². The normalized spacial score (nSPS) is 14.7. The van der Waals surface area contributed by atoms with E-state index >= 15 is 0 Å². The van der Waals surface area contributed by atoms with Gasteiger partial charge in [-0.15, -0.1) is 0 Å². The van der Waals surface area contributed by atoms with Gasteiger partial charge in [-0.1, -0.05) is 84.5 Å². The molecule has 2 atom stereocenters. The van der Waals surface area contributed by atoms with E-state index in [1.807, 2.05) is 0 Å². The fourth-order valence-corrected chi connectivity index (χ4v) is 4.05. The van der Waals surface area contributed by atoms with E-state index in [-0.39, 0.29) is 6.10 Å². The number of hydrogen-bond acceptors (Lipinski definition) is 3. The van der Waals surface area contributed by atoms with E-state index in [0.717, 1.165) is 57.8 Å². The molecule has 0 aromatic rings. The van der Waals surface area contributed by atoms with Gasteiger partial charge in [0.25, 0.3) is 10.1 Å². The summed E-state index contributed by atoms with van der Waals surface area (Å²) in [6.45, 7) is 4.31. The SMILES string of the molecule is CCCCCCCC(CCCCCC(O)CCCCC)S(=O)(=O)O. The first kappa shape index (κ1) is 23.9. The van der Waals surface area contributed by atoms with Crippen molar-refractivity contribution in [2.75, 3.05) is 0 Å². The average Bonchev–Trinajstić information content (AvgIpc) is 2.51. The number of aliphatic hydroxyl groups excluding tert-OH is 1. The van der Waals surface area contributed by atoms with Crippen molar-refractivity contribution in [2.45, 2.75) is 122 Å². The third-order valence-electron chi connectivity index (χ3n) is 4.76. The lowest BCUT2D eigenvalue weighted by Gasteiger charge is -2.14. The maximum Gasteiger partial charge on any atom is 0.267 e. The number of hydrogen-bond donors (Lipinski definition) is 2. The largest absolute Gasteiger partial charge is 0.393 e. The lowest BCUT2D eigenvalue weighted by Crippen LogP contribution is -2.20. The molecule has 0 aliphatic heterocycles. The van der Waals surface area contributed by atoms with Crippen molar-refractivity contribution in [1.82, 2.24) is 0 Å². The summed E-state index contributed by atoms with van der Waals surface area (Å²) < 4.78 is 32.3. The quantitative estimate of drug-likeness (QED) is 0.264. The summed E-state index contributed by atoms with van der Waals surface area (Å²) in [4.78, 5) is 0. The van der Waals surface area contributed by atoms with Crippen molar-refractivity contribution in [3.8, 4) is 0 Å². The summed E-state index contributed by atoms with van der Waals surface area (Å²) in [5, 5.41) is 9.26. The molecule has 5 heteroatoms. The molecule has 0 amide bonds. The van der Waals surface area contributed by atoms with Crippen molar-refractivity contribution >= 4 is 10.1 Å². The van der Waals surface area contributed by atoms with Gasteiger partial charge in [-0.25, -0.2) is 0 Å². The molecule has 0 rings (SSSR count). The zero-order valence-corrected chi connectivity index (χ0v) is 16.7. The Kier molecular flexibility index (Phi) is 15.1. The van der Waals surface area contributed by atoms with Gasteiger partial charge in [0.1, 0.15) is 0 Å². The molecular formula is C19H40O4S. The third kappa shape index (κ3) is 14.2. The second-order valence-electron chi connectivity index (χ2n) is 7.13. The van der Waals surface area contributed by atoms with Gasteiger partial charge in [0.2, 0.25) is 0 Å². The Morgan fingerprint density at radius 3 is 1.54 bits per heavy atom. The van der Waals surface area contributed by atoms with Crippen LogP contribution >= 0.6 is 0 Å². The highest BCUT2D eigenvalue weighted by atomic mass is 32.2. The molecule has 4 nitrogen and oxygen atoms in total. The van der Waals surface area contributed by atoms with Crippen molar-refractivity contribution in [1.29, 1.82) is 0 Å². The second kappa shape index (κ2) is 15.2. The van der Waals surface area contributed by atoms with Gasteiger partial charge >= 0.3 is 0 Å². The van der Waals surface area contributed by atoms with Gasteiger partial charge < -0.3 is 5.11 Å².